The van der Waals surface area contributed by atoms with Gasteiger partial charge in [-0.05, 0) is 50.2 Å². The topological polar surface area (TPSA) is 76.2 Å². The fourth-order valence-corrected chi connectivity index (χ4v) is 2.99. The molecule has 0 fully saturated rings. The third-order valence-corrected chi connectivity index (χ3v) is 4.55. The van der Waals surface area contributed by atoms with E-state index in [0.29, 0.717) is 34.7 Å². The number of amides is 1. The Kier molecular flexibility index (Phi) is 8.21. The van der Waals surface area contributed by atoms with Gasteiger partial charge < -0.3 is 19.8 Å². The average molecular weight is 492 g/mol. The molecule has 10 heteroatoms. The molecule has 0 bridgehead atoms. The number of imidazole rings is 1. The maximum atomic E-state index is 12.9. The van der Waals surface area contributed by atoms with Crippen molar-refractivity contribution in [2.45, 2.75) is 26.1 Å². The molecular weight excluding hydrogens is 471 g/mol. The zero-order valence-corrected chi connectivity index (χ0v) is 19.1. The van der Waals surface area contributed by atoms with Crippen molar-refractivity contribution in [2.75, 3.05) is 18.5 Å². The number of carbonyl (C=O) groups is 1. The lowest BCUT2D eigenvalue weighted by molar-refractivity contribution is -0.140. The number of H-pyrrole nitrogens is 1. The summed E-state index contributed by atoms with van der Waals surface area (Å²) in [4.78, 5) is 18.5. The first-order valence-corrected chi connectivity index (χ1v) is 10.6. The number of nitrogens with zero attached hydrogens (tertiary/aromatic N) is 1. The molecule has 2 aromatic carbocycles. The van der Waals surface area contributed by atoms with Gasteiger partial charge in [0.25, 0.3) is 0 Å². The molecule has 0 atom stereocenters. The molecule has 0 aliphatic heterocycles. The highest BCUT2D eigenvalue weighted by atomic mass is 35.5. The number of anilines is 1. The normalized spacial score (nSPS) is 11.1. The molecular formula is C24H21ClF3N3O3. The predicted molar refractivity (Wildman–Crippen MR) is 123 cm³/mol. The molecule has 0 unspecified atom stereocenters. The Hall–Kier alpha value is -3.48. The predicted octanol–water partition coefficient (Wildman–Crippen LogP) is 5.54. The van der Waals surface area contributed by atoms with Crippen LogP contribution in [0.15, 0.2) is 48.7 Å². The number of benzene rings is 2. The molecule has 1 amide bonds. The summed E-state index contributed by atoms with van der Waals surface area (Å²) in [5.41, 5.74) is 0.109. The fourth-order valence-electron chi connectivity index (χ4n) is 2.80. The molecule has 0 aliphatic carbocycles. The van der Waals surface area contributed by atoms with Crippen molar-refractivity contribution in [2.24, 2.45) is 0 Å². The number of aromatic nitrogens is 2. The standard InChI is InChI=1S/C24H21ClF3N3O3/c1-15(2)33-10-11-34-20-8-7-17(23-29-14-21(31-23)24(26,27)28)13-19(20)30-22(32)9-6-16-4-3-5-18(25)12-16/h3-5,7-8,12-15H,10-11H2,1-2H3,(H,29,31)(H,30,32). The number of rotatable bonds is 7. The maximum absolute atomic E-state index is 12.9. The second-order valence-corrected chi connectivity index (χ2v) is 7.77. The Morgan fingerprint density at radius 2 is 2.00 bits per heavy atom. The van der Waals surface area contributed by atoms with Crippen LogP contribution in [0, 0.1) is 11.8 Å². The highest BCUT2D eigenvalue weighted by Crippen LogP contribution is 2.32. The lowest BCUT2D eigenvalue weighted by atomic mass is 10.1. The van der Waals surface area contributed by atoms with Gasteiger partial charge in [0, 0.05) is 22.1 Å². The van der Waals surface area contributed by atoms with Gasteiger partial charge >= 0.3 is 12.1 Å². The van der Waals surface area contributed by atoms with Gasteiger partial charge in [-0.25, -0.2) is 4.98 Å². The van der Waals surface area contributed by atoms with Gasteiger partial charge in [0.2, 0.25) is 0 Å². The molecule has 1 aromatic heterocycles. The van der Waals surface area contributed by atoms with Crippen molar-refractivity contribution in [1.82, 2.24) is 9.97 Å². The molecule has 1 heterocycles. The van der Waals surface area contributed by atoms with Gasteiger partial charge in [-0.3, -0.25) is 4.79 Å². The number of carbonyl (C=O) groups excluding carboxylic acids is 1. The van der Waals surface area contributed by atoms with E-state index >= 15 is 0 Å². The average Bonchev–Trinajstić information content (AvgIpc) is 3.27. The van der Waals surface area contributed by atoms with E-state index in [2.05, 4.69) is 27.1 Å². The zero-order chi connectivity index (χ0) is 24.7. The Balaban J connectivity index is 1.84. The van der Waals surface area contributed by atoms with Gasteiger partial charge in [-0.1, -0.05) is 23.6 Å². The Labute approximate surface area is 199 Å². The summed E-state index contributed by atoms with van der Waals surface area (Å²) in [6, 6.07) is 11.2. The van der Waals surface area contributed by atoms with E-state index in [1.165, 1.54) is 18.2 Å². The molecule has 3 rings (SSSR count). The van der Waals surface area contributed by atoms with E-state index in [9.17, 15) is 18.0 Å². The largest absolute Gasteiger partial charge is 0.489 e. The lowest BCUT2D eigenvalue weighted by Crippen LogP contribution is -2.14. The summed E-state index contributed by atoms with van der Waals surface area (Å²) in [7, 11) is 0. The van der Waals surface area contributed by atoms with Crippen molar-refractivity contribution in [1.29, 1.82) is 0 Å². The van der Waals surface area contributed by atoms with Gasteiger partial charge in [0.15, 0.2) is 0 Å². The smallest absolute Gasteiger partial charge is 0.432 e. The van der Waals surface area contributed by atoms with Crippen molar-refractivity contribution in [3.63, 3.8) is 0 Å². The molecule has 0 saturated heterocycles. The van der Waals surface area contributed by atoms with E-state index in [0.717, 1.165) is 0 Å². The van der Waals surface area contributed by atoms with E-state index < -0.39 is 17.8 Å². The number of hydrogen-bond acceptors (Lipinski definition) is 4. The van der Waals surface area contributed by atoms with Crippen LogP contribution in [-0.4, -0.2) is 35.2 Å². The van der Waals surface area contributed by atoms with E-state index in [4.69, 9.17) is 21.1 Å². The Morgan fingerprint density at radius 3 is 2.68 bits per heavy atom. The first-order valence-electron chi connectivity index (χ1n) is 10.2. The van der Waals surface area contributed by atoms with Crippen molar-refractivity contribution >= 4 is 23.2 Å². The van der Waals surface area contributed by atoms with E-state index in [-0.39, 0.29) is 24.2 Å². The summed E-state index contributed by atoms with van der Waals surface area (Å²) >= 11 is 5.92. The molecule has 6 nitrogen and oxygen atoms in total. The van der Waals surface area contributed by atoms with E-state index in [1.54, 1.807) is 24.3 Å². The second-order valence-electron chi connectivity index (χ2n) is 7.34. The van der Waals surface area contributed by atoms with Gasteiger partial charge in [0.1, 0.15) is 23.9 Å². The number of ether oxygens (including phenoxy) is 2. The van der Waals surface area contributed by atoms with Crippen molar-refractivity contribution < 1.29 is 27.4 Å². The molecule has 0 spiro atoms. The highest BCUT2D eigenvalue weighted by Gasteiger charge is 2.33. The van der Waals surface area contributed by atoms with Gasteiger partial charge in [-0.2, -0.15) is 13.2 Å². The molecule has 0 radical (unpaired) electrons. The molecule has 34 heavy (non-hydrogen) atoms. The van der Waals surface area contributed by atoms with Crippen LogP contribution in [0.5, 0.6) is 5.75 Å². The monoisotopic (exact) mass is 491 g/mol. The minimum Gasteiger partial charge on any atom is -0.489 e. The van der Waals surface area contributed by atoms with Crippen LogP contribution in [-0.2, 0) is 15.7 Å². The van der Waals surface area contributed by atoms with Crippen LogP contribution in [0.25, 0.3) is 11.4 Å². The second kappa shape index (κ2) is 11.1. The summed E-state index contributed by atoms with van der Waals surface area (Å²) < 4.78 is 49.9. The third-order valence-electron chi connectivity index (χ3n) is 4.32. The maximum Gasteiger partial charge on any atom is 0.432 e. The van der Waals surface area contributed by atoms with Crippen LogP contribution >= 0.6 is 11.6 Å². The summed E-state index contributed by atoms with van der Waals surface area (Å²) in [5.74, 6) is 4.81. The Bertz CT molecular complexity index is 1210. The summed E-state index contributed by atoms with van der Waals surface area (Å²) in [6.45, 7) is 4.29. The minimum atomic E-state index is -4.56. The number of halogens is 4. The Morgan fingerprint density at radius 1 is 1.21 bits per heavy atom. The van der Waals surface area contributed by atoms with Crippen LogP contribution in [0.4, 0.5) is 18.9 Å². The molecule has 178 valence electrons. The van der Waals surface area contributed by atoms with Crippen LogP contribution < -0.4 is 10.1 Å². The zero-order valence-electron chi connectivity index (χ0n) is 18.3. The first kappa shape index (κ1) is 25.1. The number of hydrogen-bond donors (Lipinski definition) is 2. The first-order chi connectivity index (χ1) is 16.1. The van der Waals surface area contributed by atoms with Gasteiger partial charge in [-0.15, -0.1) is 0 Å². The van der Waals surface area contributed by atoms with Crippen molar-refractivity contribution in [3.8, 4) is 29.0 Å². The summed E-state index contributed by atoms with van der Waals surface area (Å²) in [6.07, 6.45) is -3.83. The number of aromatic amines is 1. The van der Waals surface area contributed by atoms with Crippen LogP contribution in [0.1, 0.15) is 25.1 Å². The molecule has 0 saturated carbocycles. The minimum absolute atomic E-state index is 0.0115. The molecule has 3 aromatic rings. The van der Waals surface area contributed by atoms with E-state index in [1.807, 2.05) is 13.8 Å². The quantitative estimate of drug-likeness (QED) is 0.336. The molecule has 2 N–H and O–H groups in total. The summed E-state index contributed by atoms with van der Waals surface area (Å²) in [5, 5.41) is 3.10. The fraction of sp³-hybridized carbons (Fsp3) is 0.250. The molecule has 0 aliphatic rings. The third kappa shape index (κ3) is 7.27. The SMILES string of the molecule is CC(C)OCCOc1ccc(-c2ncc(C(F)(F)F)[nH]2)cc1NC(=O)C#Cc1cccc(Cl)c1. The van der Waals surface area contributed by atoms with Gasteiger partial charge in [0.05, 0.1) is 24.6 Å². The lowest BCUT2D eigenvalue weighted by Gasteiger charge is -2.14. The number of nitrogens with one attached hydrogen (secondary N) is 2. The highest BCUT2D eigenvalue weighted by molar-refractivity contribution is 6.30. The van der Waals surface area contributed by atoms with Crippen LogP contribution in [0.3, 0.4) is 0 Å². The van der Waals surface area contributed by atoms with Crippen molar-refractivity contribution in [3.05, 3.63) is 64.9 Å². The van der Waals surface area contributed by atoms with Crippen LogP contribution in [0.2, 0.25) is 5.02 Å². The number of alkyl halides is 3.